The molecule has 5 rings (SSSR count). The Morgan fingerprint density at radius 3 is 2.91 bits per heavy atom. The Labute approximate surface area is 135 Å². The molecule has 0 unspecified atom stereocenters. The first-order valence-electron chi connectivity index (χ1n) is 8.08. The molecule has 0 aromatic carbocycles. The SMILES string of the molecule is CC#Cc1cc2cnc(C(=O)N[C@H]3CN4CCC3CC4)cc2o1. The third kappa shape index (κ3) is 2.71. The van der Waals surface area contributed by atoms with E-state index in [1.807, 2.05) is 6.07 Å². The van der Waals surface area contributed by atoms with Crippen molar-refractivity contribution in [3.8, 4) is 11.8 Å². The number of hydrogen-bond acceptors (Lipinski definition) is 4. The number of piperidine rings is 3. The van der Waals surface area contributed by atoms with Crippen LogP contribution in [-0.4, -0.2) is 41.5 Å². The maximum Gasteiger partial charge on any atom is 0.270 e. The van der Waals surface area contributed by atoms with Gasteiger partial charge in [0.05, 0.1) is 0 Å². The summed E-state index contributed by atoms with van der Waals surface area (Å²) in [5.74, 6) is 6.76. The van der Waals surface area contributed by atoms with E-state index in [4.69, 9.17) is 4.42 Å². The summed E-state index contributed by atoms with van der Waals surface area (Å²) in [6.07, 6.45) is 4.02. The molecule has 2 bridgehead atoms. The first-order chi connectivity index (χ1) is 11.2. The van der Waals surface area contributed by atoms with Gasteiger partial charge in [-0.1, -0.05) is 5.92 Å². The van der Waals surface area contributed by atoms with Gasteiger partial charge < -0.3 is 14.6 Å². The second-order valence-electron chi connectivity index (χ2n) is 6.31. The molecule has 0 spiro atoms. The molecule has 5 nitrogen and oxygen atoms in total. The van der Waals surface area contributed by atoms with E-state index in [0.29, 0.717) is 23.0 Å². The second-order valence-corrected chi connectivity index (χ2v) is 6.31. The van der Waals surface area contributed by atoms with Crippen molar-refractivity contribution < 1.29 is 9.21 Å². The van der Waals surface area contributed by atoms with Crippen LogP contribution in [-0.2, 0) is 0 Å². The average Bonchev–Trinajstić information content (AvgIpc) is 2.97. The number of amides is 1. The van der Waals surface area contributed by atoms with E-state index in [2.05, 4.69) is 27.0 Å². The summed E-state index contributed by atoms with van der Waals surface area (Å²) in [5, 5.41) is 4.01. The molecule has 2 aromatic heterocycles. The van der Waals surface area contributed by atoms with E-state index in [-0.39, 0.29) is 11.9 Å². The fourth-order valence-corrected chi connectivity index (χ4v) is 3.61. The monoisotopic (exact) mass is 309 g/mol. The van der Waals surface area contributed by atoms with Crippen LogP contribution >= 0.6 is 0 Å². The third-order valence-electron chi connectivity index (χ3n) is 4.86. The summed E-state index contributed by atoms with van der Waals surface area (Å²) in [6.45, 7) is 5.04. The number of carbonyl (C=O) groups excluding carboxylic acids is 1. The number of nitrogens with one attached hydrogen (secondary N) is 1. The molecule has 2 aromatic rings. The minimum Gasteiger partial charge on any atom is -0.448 e. The molecule has 5 heteroatoms. The van der Waals surface area contributed by atoms with Crippen LogP contribution < -0.4 is 5.32 Å². The number of furan rings is 1. The van der Waals surface area contributed by atoms with Gasteiger partial charge in [-0.3, -0.25) is 9.78 Å². The fraction of sp³-hybridized carbons (Fsp3) is 0.444. The average molecular weight is 309 g/mol. The summed E-state index contributed by atoms with van der Waals surface area (Å²) in [5.41, 5.74) is 1.05. The van der Waals surface area contributed by atoms with Gasteiger partial charge in [-0.25, -0.2) is 0 Å². The quantitative estimate of drug-likeness (QED) is 0.862. The van der Waals surface area contributed by atoms with Crippen molar-refractivity contribution in [1.82, 2.24) is 15.2 Å². The molecule has 0 radical (unpaired) electrons. The van der Waals surface area contributed by atoms with E-state index in [1.165, 1.54) is 12.8 Å². The molecule has 1 atom stereocenters. The standard InChI is InChI=1S/C18H19N3O2/c1-2-3-14-8-13-10-19-15(9-17(13)23-14)18(22)20-16-11-21-6-4-12(16)5-7-21/h8-10,12,16H,4-7,11H2,1H3,(H,20,22)/t16-/m0/s1. The zero-order valence-corrected chi connectivity index (χ0v) is 13.1. The van der Waals surface area contributed by atoms with Crippen LogP contribution in [0.2, 0.25) is 0 Å². The first kappa shape index (κ1) is 14.3. The summed E-state index contributed by atoms with van der Waals surface area (Å²) < 4.78 is 5.64. The molecule has 3 aliphatic heterocycles. The Balaban J connectivity index is 1.53. The molecular weight excluding hydrogens is 290 g/mol. The van der Waals surface area contributed by atoms with Crippen molar-refractivity contribution in [1.29, 1.82) is 0 Å². The number of pyridine rings is 1. The Hall–Kier alpha value is -2.32. The normalized spacial score (nSPS) is 25.9. The molecule has 3 aliphatic rings. The Kier molecular flexibility index (Phi) is 3.55. The molecule has 23 heavy (non-hydrogen) atoms. The summed E-state index contributed by atoms with van der Waals surface area (Å²) in [4.78, 5) is 19.2. The van der Waals surface area contributed by atoms with Gasteiger partial charge in [0.15, 0.2) is 5.76 Å². The topological polar surface area (TPSA) is 58.4 Å². The highest BCUT2D eigenvalue weighted by Crippen LogP contribution is 2.27. The van der Waals surface area contributed by atoms with Gasteiger partial charge in [0, 0.05) is 36.3 Å². The molecule has 3 saturated heterocycles. The van der Waals surface area contributed by atoms with Crippen molar-refractivity contribution in [3.63, 3.8) is 0 Å². The Bertz CT molecular complexity index is 807. The van der Waals surface area contributed by atoms with Crippen LogP contribution in [0.15, 0.2) is 22.7 Å². The van der Waals surface area contributed by atoms with Crippen LogP contribution in [0.1, 0.15) is 36.0 Å². The highest BCUT2D eigenvalue weighted by molar-refractivity contribution is 5.95. The lowest BCUT2D eigenvalue weighted by Crippen LogP contribution is -2.57. The minimum atomic E-state index is -0.120. The predicted molar refractivity (Wildman–Crippen MR) is 87.0 cm³/mol. The minimum absolute atomic E-state index is 0.120. The molecule has 3 fully saturated rings. The van der Waals surface area contributed by atoms with E-state index in [9.17, 15) is 4.79 Å². The van der Waals surface area contributed by atoms with Gasteiger partial charge in [0.25, 0.3) is 5.91 Å². The van der Waals surface area contributed by atoms with E-state index >= 15 is 0 Å². The summed E-state index contributed by atoms with van der Waals surface area (Å²) >= 11 is 0. The Morgan fingerprint density at radius 2 is 2.22 bits per heavy atom. The number of nitrogens with zero attached hydrogens (tertiary/aromatic N) is 2. The van der Waals surface area contributed by atoms with Crippen molar-refractivity contribution >= 4 is 16.9 Å². The zero-order chi connectivity index (χ0) is 15.8. The van der Waals surface area contributed by atoms with Crippen molar-refractivity contribution in [2.75, 3.05) is 19.6 Å². The van der Waals surface area contributed by atoms with Crippen LogP contribution in [0.3, 0.4) is 0 Å². The van der Waals surface area contributed by atoms with Gasteiger partial charge >= 0.3 is 0 Å². The lowest BCUT2D eigenvalue weighted by molar-refractivity contribution is 0.0618. The zero-order valence-electron chi connectivity index (χ0n) is 13.1. The van der Waals surface area contributed by atoms with Crippen molar-refractivity contribution in [2.24, 2.45) is 5.92 Å². The van der Waals surface area contributed by atoms with Gasteiger partial charge in [-0.05, 0) is 44.7 Å². The largest absolute Gasteiger partial charge is 0.448 e. The van der Waals surface area contributed by atoms with Crippen LogP contribution in [0.5, 0.6) is 0 Å². The lowest BCUT2D eigenvalue weighted by Gasteiger charge is -2.44. The lowest BCUT2D eigenvalue weighted by atomic mass is 9.84. The van der Waals surface area contributed by atoms with Crippen LogP contribution in [0.25, 0.3) is 11.0 Å². The smallest absolute Gasteiger partial charge is 0.270 e. The third-order valence-corrected chi connectivity index (χ3v) is 4.86. The molecule has 5 heterocycles. The Morgan fingerprint density at radius 1 is 1.39 bits per heavy atom. The number of hydrogen-bond donors (Lipinski definition) is 1. The number of fused-ring (bicyclic) bond motifs is 4. The van der Waals surface area contributed by atoms with Crippen molar-refractivity contribution in [2.45, 2.75) is 25.8 Å². The maximum atomic E-state index is 12.5. The van der Waals surface area contributed by atoms with Crippen LogP contribution in [0.4, 0.5) is 0 Å². The molecule has 0 saturated carbocycles. The number of carbonyl (C=O) groups is 1. The van der Waals surface area contributed by atoms with Gasteiger partial charge in [0.2, 0.25) is 0 Å². The van der Waals surface area contributed by atoms with Gasteiger partial charge in [-0.15, -0.1) is 0 Å². The highest BCUT2D eigenvalue weighted by atomic mass is 16.3. The summed E-state index contributed by atoms with van der Waals surface area (Å²) in [7, 11) is 0. The van der Waals surface area contributed by atoms with E-state index in [0.717, 1.165) is 25.0 Å². The number of aromatic nitrogens is 1. The van der Waals surface area contributed by atoms with E-state index < -0.39 is 0 Å². The molecule has 118 valence electrons. The molecular formula is C18H19N3O2. The second kappa shape index (κ2) is 5.71. The van der Waals surface area contributed by atoms with Crippen LogP contribution in [0, 0.1) is 17.8 Å². The van der Waals surface area contributed by atoms with E-state index in [1.54, 1.807) is 19.2 Å². The maximum absolute atomic E-state index is 12.5. The number of rotatable bonds is 2. The van der Waals surface area contributed by atoms with Gasteiger partial charge in [0.1, 0.15) is 11.3 Å². The molecule has 1 amide bonds. The summed E-state index contributed by atoms with van der Waals surface area (Å²) in [6, 6.07) is 3.78. The van der Waals surface area contributed by atoms with Gasteiger partial charge in [-0.2, -0.15) is 0 Å². The highest BCUT2D eigenvalue weighted by Gasteiger charge is 2.35. The predicted octanol–water partition coefficient (Wildman–Crippen LogP) is 2.02. The molecule has 0 aliphatic carbocycles. The molecule has 1 N–H and O–H groups in total. The first-order valence-corrected chi connectivity index (χ1v) is 8.08. The fourth-order valence-electron chi connectivity index (χ4n) is 3.61. The van der Waals surface area contributed by atoms with Crippen molar-refractivity contribution in [3.05, 3.63) is 29.8 Å².